The van der Waals surface area contributed by atoms with E-state index < -0.39 is 0 Å². The predicted molar refractivity (Wildman–Crippen MR) is 73.0 cm³/mol. The van der Waals surface area contributed by atoms with Gasteiger partial charge < -0.3 is 4.74 Å². The fourth-order valence-electron chi connectivity index (χ4n) is 2.22. The highest BCUT2D eigenvalue weighted by atomic mass is 16.5. The number of unbranched alkanes of at least 4 members (excludes halogenated alkanes) is 1. The molecule has 2 heteroatoms. The van der Waals surface area contributed by atoms with E-state index in [1.54, 1.807) is 0 Å². The first-order valence-corrected chi connectivity index (χ1v) is 6.49. The molecule has 1 aliphatic heterocycles. The molecule has 2 nitrogen and oxygen atoms in total. The number of benzene rings is 2. The number of para-hydroxylation sites is 3. The molecule has 2 aromatic carbocycles. The molecule has 0 saturated carbocycles. The van der Waals surface area contributed by atoms with E-state index in [-0.39, 0.29) is 0 Å². The van der Waals surface area contributed by atoms with Crippen molar-refractivity contribution in [3.63, 3.8) is 0 Å². The van der Waals surface area contributed by atoms with Crippen molar-refractivity contribution in [3.05, 3.63) is 48.0 Å². The van der Waals surface area contributed by atoms with Gasteiger partial charge in [0, 0.05) is 0 Å². The monoisotopic (exact) mass is 238 g/mol. The van der Waals surface area contributed by atoms with Gasteiger partial charge in [-0.05, 0) is 36.6 Å². The summed E-state index contributed by atoms with van der Waals surface area (Å²) < 4.78 is 5.90. The number of rotatable bonds is 3. The third-order valence-electron chi connectivity index (χ3n) is 3.20. The smallest absolute Gasteiger partial charge is 0.153 e. The van der Waals surface area contributed by atoms with Gasteiger partial charge in [0.1, 0.15) is 11.4 Å². The van der Waals surface area contributed by atoms with Crippen molar-refractivity contribution in [2.24, 2.45) is 0 Å². The van der Waals surface area contributed by atoms with Gasteiger partial charge in [0.05, 0.1) is 0 Å². The first-order valence-electron chi connectivity index (χ1n) is 6.49. The summed E-state index contributed by atoms with van der Waals surface area (Å²) in [6, 6.07) is 14.1. The molecule has 0 aromatic heterocycles. The Morgan fingerprint density at radius 2 is 1.83 bits per heavy atom. The Hall–Kier alpha value is -1.96. The summed E-state index contributed by atoms with van der Waals surface area (Å²) in [6.45, 7) is 2.21. The molecule has 3 rings (SSSR count). The number of ether oxygens (including phenoxy) is 1. The Morgan fingerprint density at radius 3 is 2.72 bits per heavy atom. The Morgan fingerprint density at radius 1 is 1.00 bits per heavy atom. The molecule has 18 heavy (non-hydrogen) atoms. The largest absolute Gasteiger partial charge is 0.453 e. The summed E-state index contributed by atoms with van der Waals surface area (Å²) in [5, 5.41) is 4.74. The van der Waals surface area contributed by atoms with Crippen LogP contribution in [0.5, 0.6) is 11.5 Å². The van der Waals surface area contributed by atoms with Crippen molar-refractivity contribution >= 4 is 11.4 Å². The molecule has 0 fully saturated rings. The van der Waals surface area contributed by atoms with Gasteiger partial charge in [-0.1, -0.05) is 37.6 Å². The number of hydrogen-bond donors (Lipinski definition) is 0. The van der Waals surface area contributed by atoms with E-state index in [0.717, 1.165) is 29.3 Å². The lowest BCUT2D eigenvalue weighted by atomic mass is 10.0. The van der Waals surface area contributed by atoms with E-state index >= 15 is 0 Å². The second kappa shape index (κ2) is 4.73. The van der Waals surface area contributed by atoms with Crippen molar-refractivity contribution in [1.29, 1.82) is 0 Å². The lowest BCUT2D eigenvalue weighted by Gasteiger charge is -2.21. The maximum absolute atomic E-state index is 5.90. The van der Waals surface area contributed by atoms with Gasteiger partial charge in [-0.25, -0.2) is 5.32 Å². The molecule has 0 unspecified atom stereocenters. The van der Waals surface area contributed by atoms with Crippen LogP contribution >= 0.6 is 0 Å². The SMILES string of the molecule is CCCCc1cccc2c1[N]c1ccccc1O2. The van der Waals surface area contributed by atoms with Gasteiger partial charge in [-0.15, -0.1) is 0 Å². The van der Waals surface area contributed by atoms with Gasteiger partial charge in [0.25, 0.3) is 0 Å². The van der Waals surface area contributed by atoms with Crippen molar-refractivity contribution in [2.75, 3.05) is 0 Å². The van der Waals surface area contributed by atoms with Crippen LogP contribution in [-0.2, 0) is 6.42 Å². The maximum atomic E-state index is 5.90. The number of fused-ring (bicyclic) bond motifs is 2. The highest BCUT2D eigenvalue weighted by Gasteiger charge is 2.19. The van der Waals surface area contributed by atoms with Crippen LogP contribution in [0.25, 0.3) is 0 Å². The van der Waals surface area contributed by atoms with Gasteiger partial charge >= 0.3 is 0 Å². The van der Waals surface area contributed by atoms with Crippen LogP contribution in [0.15, 0.2) is 42.5 Å². The molecule has 0 saturated heterocycles. The topological polar surface area (TPSA) is 23.3 Å². The van der Waals surface area contributed by atoms with Gasteiger partial charge in [-0.2, -0.15) is 0 Å². The molecule has 91 valence electrons. The average Bonchev–Trinajstić information content (AvgIpc) is 2.43. The molecule has 0 bridgehead atoms. The lowest BCUT2D eigenvalue weighted by Crippen LogP contribution is -2.04. The maximum Gasteiger partial charge on any atom is 0.153 e. The van der Waals surface area contributed by atoms with Crippen LogP contribution in [0.4, 0.5) is 11.4 Å². The normalized spacial score (nSPS) is 12.1. The summed E-state index contributed by atoms with van der Waals surface area (Å²) in [5.74, 6) is 1.72. The van der Waals surface area contributed by atoms with Gasteiger partial charge in [0.15, 0.2) is 11.5 Å². The number of aryl methyl sites for hydroxylation is 1. The van der Waals surface area contributed by atoms with Crippen LogP contribution in [0.1, 0.15) is 25.3 Å². The summed E-state index contributed by atoms with van der Waals surface area (Å²) >= 11 is 0. The minimum Gasteiger partial charge on any atom is -0.453 e. The Labute approximate surface area is 108 Å². The zero-order chi connectivity index (χ0) is 12.4. The second-order valence-corrected chi connectivity index (χ2v) is 4.55. The highest BCUT2D eigenvalue weighted by molar-refractivity contribution is 5.70. The zero-order valence-corrected chi connectivity index (χ0v) is 10.5. The van der Waals surface area contributed by atoms with E-state index in [0.29, 0.717) is 0 Å². The van der Waals surface area contributed by atoms with E-state index in [1.807, 2.05) is 36.4 Å². The van der Waals surface area contributed by atoms with E-state index in [9.17, 15) is 0 Å². The molecular weight excluding hydrogens is 222 g/mol. The minimum atomic E-state index is 0.845. The van der Waals surface area contributed by atoms with Crippen molar-refractivity contribution in [3.8, 4) is 11.5 Å². The Bertz CT molecular complexity index is 563. The molecule has 1 radical (unpaired) electrons. The fraction of sp³-hybridized carbons (Fsp3) is 0.250. The number of nitrogens with zero attached hydrogens (tertiary/aromatic N) is 1. The average molecular weight is 238 g/mol. The third kappa shape index (κ3) is 1.94. The zero-order valence-electron chi connectivity index (χ0n) is 10.5. The highest BCUT2D eigenvalue weighted by Crippen LogP contribution is 2.43. The molecule has 2 aromatic rings. The predicted octanol–water partition coefficient (Wildman–Crippen LogP) is 4.70. The van der Waals surface area contributed by atoms with E-state index in [2.05, 4.69) is 13.0 Å². The molecule has 0 N–H and O–H groups in total. The molecule has 1 heterocycles. The van der Waals surface area contributed by atoms with Crippen LogP contribution in [0.3, 0.4) is 0 Å². The second-order valence-electron chi connectivity index (χ2n) is 4.55. The summed E-state index contributed by atoms with van der Waals surface area (Å²) in [6.07, 6.45) is 3.45. The van der Waals surface area contributed by atoms with Gasteiger partial charge in [-0.3, -0.25) is 0 Å². The molecule has 0 atom stereocenters. The molecule has 0 spiro atoms. The lowest BCUT2D eigenvalue weighted by molar-refractivity contribution is 0.470. The number of hydrogen-bond acceptors (Lipinski definition) is 1. The van der Waals surface area contributed by atoms with E-state index in [1.165, 1.54) is 18.4 Å². The van der Waals surface area contributed by atoms with Crippen molar-refractivity contribution in [1.82, 2.24) is 5.32 Å². The first-order chi connectivity index (χ1) is 8.88. The fourth-order valence-corrected chi connectivity index (χ4v) is 2.22. The summed E-state index contributed by atoms with van der Waals surface area (Å²) in [4.78, 5) is 0. The minimum absolute atomic E-state index is 0.845. The Balaban J connectivity index is 1.97. The van der Waals surface area contributed by atoms with Crippen molar-refractivity contribution in [2.45, 2.75) is 26.2 Å². The molecule has 0 aliphatic carbocycles. The van der Waals surface area contributed by atoms with E-state index in [4.69, 9.17) is 10.1 Å². The third-order valence-corrected chi connectivity index (χ3v) is 3.20. The summed E-state index contributed by atoms with van der Waals surface area (Å²) in [7, 11) is 0. The molecule has 1 aliphatic rings. The molecular formula is C16H16NO. The summed E-state index contributed by atoms with van der Waals surface area (Å²) in [5.41, 5.74) is 3.21. The first kappa shape index (κ1) is 11.1. The quantitative estimate of drug-likeness (QED) is 0.648. The van der Waals surface area contributed by atoms with Gasteiger partial charge in [0.2, 0.25) is 0 Å². The Kier molecular flexibility index (Phi) is 2.93. The van der Waals surface area contributed by atoms with Crippen molar-refractivity contribution < 1.29 is 4.74 Å². The molecule has 0 amide bonds. The van der Waals surface area contributed by atoms with Crippen LogP contribution < -0.4 is 10.1 Å². The van der Waals surface area contributed by atoms with Crippen LogP contribution in [-0.4, -0.2) is 0 Å². The standard InChI is InChI=1S/C16H16NO/c1-2-3-7-12-8-6-11-15-16(12)17-13-9-4-5-10-14(13)18-15/h4-6,8-11H,2-3,7H2,1H3. The van der Waals surface area contributed by atoms with Crippen LogP contribution in [0.2, 0.25) is 0 Å². The van der Waals surface area contributed by atoms with Crippen LogP contribution in [0, 0.1) is 0 Å².